The van der Waals surface area contributed by atoms with Crippen molar-refractivity contribution in [2.45, 2.75) is 6.92 Å². The third-order valence-electron chi connectivity index (χ3n) is 1.69. The molecule has 0 atom stereocenters. The van der Waals surface area contributed by atoms with E-state index in [9.17, 15) is 4.79 Å². The molecule has 1 aromatic rings. The Bertz CT molecular complexity index is 382. The fraction of sp³-hybridized carbons (Fsp3) is 0.182. The van der Waals surface area contributed by atoms with Crippen LogP contribution in [0.2, 0.25) is 0 Å². The van der Waals surface area contributed by atoms with Crippen molar-refractivity contribution in [3.8, 4) is 5.75 Å². The highest BCUT2D eigenvalue weighted by Gasteiger charge is 2.03. The number of rotatable bonds is 4. The molecule has 4 heteroatoms. The van der Waals surface area contributed by atoms with Crippen molar-refractivity contribution in [3.63, 3.8) is 0 Å². The quantitative estimate of drug-likeness (QED) is 0.587. The van der Waals surface area contributed by atoms with Crippen LogP contribution in [0.4, 0.5) is 0 Å². The third-order valence-corrected chi connectivity index (χ3v) is 1.69. The van der Waals surface area contributed by atoms with E-state index in [-0.39, 0.29) is 0 Å². The molecule has 0 aliphatic rings. The molecule has 0 saturated carbocycles. The highest BCUT2D eigenvalue weighted by Crippen LogP contribution is 2.15. The van der Waals surface area contributed by atoms with E-state index in [1.54, 1.807) is 24.3 Å². The second kappa shape index (κ2) is 5.05. The van der Waals surface area contributed by atoms with Gasteiger partial charge in [0.15, 0.2) is 0 Å². The Morgan fingerprint density at radius 3 is 2.80 bits per heavy atom. The Hall–Kier alpha value is -1.97. The zero-order chi connectivity index (χ0) is 11.3. The van der Waals surface area contributed by atoms with Crippen LogP contribution in [-0.4, -0.2) is 22.8 Å². The largest absolute Gasteiger partial charge is 0.502 e. The van der Waals surface area contributed by atoms with Gasteiger partial charge in [-0.25, -0.2) is 4.79 Å². The molecule has 80 valence electrons. The van der Waals surface area contributed by atoms with Gasteiger partial charge in [-0.15, -0.1) is 0 Å². The minimum Gasteiger partial charge on any atom is -0.502 e. The van der Waals surface area contributed by atoms with Gasteiger partial charge in [-0.1, -0.05) is 12.1 Å². The standard InChI is InChI=1S/C11H12O4/c1-2-15-9-5-3-4-8(6-9)7-10(12)11(13)14/h3-7,12H,2H2,1H3,(H,13,14). The summed E-state index contributed by atoms with van der Waals surface area (Å²) in [5.41, 5.74) is 0.584. The summed E-state index contributed by atoms with van der Waals surface area (Å²) in [6, 6.07) is 6.83. The molecule has 4 nitrogen and oxygen atoms in total. The van der Waals surface area contributed by atoms with Crippen molar-refractivity contribution in [1.82, 2.24) is 0 Å². The molecular formula is C11H12O4. The van der Waals surface area contributed by atoms with Crippen LogP contribution in [0.5, 0.6) is 5.75 Å². The predicted molar refractivity (Wildman–Crippen MR) is 55.9 cm³/mol. The van der Waals surface area contributed by atoms with Gasteiger partial charge in [-0.3, -0.25) is 0 Å². The maximum absolute atomic E-state index is 10.4. The number of carbonyl (C=O) groups is 1. The molecule has 0 aliphatic heterocycles. The number of ether oxygens (including phenoxy) is 1. The van der Waals surface area contributed by atoms with Crippen molar-refractivity contribution in [2.75, 3.05) is 6.61 Å². The van der Waals surface area contributed by atoms with Crippen molar-refractivity contribution < 1.29 is 19.7 Å². The van der Waals surface area contributed by atoms with Crippen molar-refractivity contribution in [3.05, 3.63) is 35.6 Å². The first-order chi connectivity index (χ1) is 7.13. The average molecular weight is 208 g/mol. The Labute approximate surface area is 87.4 Å². The summed E-state index contributed by atoms with van der Waals surface area (Å²) in [6.07, 6.45) is 1.17. The van der Waals surface area contributed by atoms with Crippen LogP contribution in [0.1, 0.15) is 12.5 Å². The predicted octanol–water partition coefficient (Wildman–Crippen LogP) is 2.07. The molecule has 0 heterocycles. The number of hydrogen-bond donors (Lipinski definition) is 2. The third kappa shape index (κ3) is 3.34. The first-order valence-corrected chi connectivity index (χ1v) is 4.50. The van der Waals surface area contributed by atoms with Gasteiger partial charge in [0.25, 0.3) is 0 Å². The molecule has 0 radical (unpaired) electrons. The van der Waals surface area contributed by atoms with Gasteiger partial charge in [0.2, 0.25) is 5.76 Å². The average Bonchev–Trinajstić information content (AvgIpc) is 2.18. The summed E-state index contributed by atoms with van der Waals surface area (Å²) in [7, 11) is 0. The smallest absolute Gasteiger partial charge is 0.370 e. The summed E-state index contributed by atoms with van der Waals surface area (Å²) >= 11 is 0. The van der Waals surface area contributed by atoms with E-state index in [2.05, 4.69) is 0 Å². The van der Waals surface area contributed by atoms with Gasteiger partial charge in [-0.05, 0) is 30.7 Å². The van der Waals surface area contributed by atoms with Crippen molar-refractivity contribution in [2.24, 2.45) is 0 Å². The minimum atomic E-state index is -1.35. The van der Waals surface area contributed by atoms with E-state index in [1.807, 2.05) is 6.92 Å². The number of carboxylic acid groups (broad SMARTS) is 1. The van der Waals surface area contributed by atoms with E-state index in [4.69, 9.17) is 14.9 Å². The molecule has 0 unspecified atom stereocenters. The molecule has 0 saturated heterocycles. The topological polar surface area (TPSA) is 66.8 Å². The SMILES string of the molecule is CCOc1cccc(C=C(O)C(=O)O)c1. The first kappa shape index (κ1) is 11.1. The Morgan fingerprint density at radius 1 is 1.47 bits per heavy atom. The molecule has 0 spiro atoms. The first-order valence-electron chi connectivity index (χ1n) is 4.50. The summed E-state index contributed by atoms with van der Waals surface area (Å²) < 4.78 is 5.23. The maximum Gasteiger partial charge on any atom is 0.370 e. The lowest BCUT2D eigenvalue weighted by Crippen LogP contribution is -1.98. The Kier molecular flexibility index (Phi) is 3.74. The van der Waals surface area contributed by atoms with Crippen molar-refractivity contribution in [1.29, 1.82) is 0 Å². The second-order valence-corrected chi connectivity index (χ2v) is 2.84. The molecule has 15 heavy (non-hydrogen) atoms. The highest BCUT2D eigenvalue weighted by atomic mass is 16.5. The second-order valence-electron chi connectivity index (χ2n) is 2.84. The lowest BCUT2D eigenvalue weighted by molar-refractivity contribution is -0.135. The van der Waals surface area contributed by atoms with Gasteiger partial charge in [-0.2, -0.15) is 0 Å². The summed E-state index contributed by atoms with van der Waals surface area (Å²) in [4.78, 5) is 10.4. The lowest BCUT2D eigenvalue weighted by Gasteiger charge is -2.03. The summed E-state index contributed by atoms with van der Waals surface area (Å²) in [5, 5.41) is 17.5. The molecule has 1 rings (SSSR count). The van der Waals surface area contributed by atoms with Crippen LogP contribution < -0.4 is 4.74 Å². The number of carboxylic acids is 1. The normalized spacial score (nSPS) is 11.1. The highest BCUT2D eigenvalue weighted by molar-refractivity contribution is 5.89. The molecular weight excluding hydrogens is 196 g/mol. The van der Waals surface area contributed by atoms with Gasteiger partial charge in [0.1, 0.15) is 5.75 Å². The van der Waals surface area contributed by atoms with E-state index < -0.39 is 11.7 Å². The van der Waals surface area contributed by atoms with Crippen LogP contribution in [0.25, 0.3) is 6.08 Å². The van der Waals surface area contributed by atoms with Crippen LogP contribution in [0.15, 0.2) is 30.0 Å². The Balaban J connectivity index is 2.91. The molecule has 0 bridgehead atoms. The maximum atomic E-state index is 10.4. The van der Waals surface area contributed by atoms with Crippen LogP contribution in [-0.2, 0) is 4.79 Å². The van der Waals surface area contributed by atoms with Gasteiger partial charge in [0.05, 0.1) is 6.61 Å². The fourth-order valence-corrected chi connectivity index (χ4v) is 1.08. The number of hydrogen-bond acceptors (Lipinski definition) is 3. The monoisotopic (exact) mass is 208 g/mol. The zero-order valence-electron chi connectivity index (χ0n) is 8.30. The van der Waals surface area contributed by atoms with Gasteiger partial charge >= 0.3 is 5.97 Å². The van der Waals surface area contributed by atoms with E-state index in [0.29, 0.717) is 17.9 Å². The van der Waals surface area contributed by atoms with E-state index >= 15 is 0 Å². The molecule has 0 amide bonds. The summed E-state index contributed by atoms with van der Waals surface area (Å²) in [6.45, 7) is 2.40. The van der Waals surface area contributed by atoms with Crippen molar-refractivity contribution >= 4 is 12.0 Å². The number of aliphatic hydroxyl groups excluding tert-OH is 1. The van der Waals surface area contributed by atoms with E-state index in [1.165, 1.54) is 6.08 Å². The van der Waals surface area contributed by atoms with Gasteiger partial charge in [0, 0.05) is 0 Å². The van der Waals surface area contributed by atoms with E-state index in [0.717, 1.165) is 0 Å². The van der Waals surface area contributed by atoms with Crippen LogP contribution in [0, 0.1) is 0 Å². The molecule has 0 aliphatic carbocycles. The molecule has 0 fully saturated rings. The minimum absolute atomic E-state index is 0.540. The molecule has 2 N–H and O–H groups in total. The number of benzene rings is 1. The van der Waals surface area contributed by atoms with Crippen LogP contribution >= 0.6 is 0 Å². The fourth-order valence-electron chi connectivity index (χ4n) is 1.08. The van der Waals surface area contributed by atoms with Gasteiger partial charge < -0.3 is 14.9 Å². The van der Waals surface area contributed by atoms with Crippen LogP contribution in [0.3, 0.4) is 0 Å². The Morgan fingerprint density at radius 2 is 2.20 bits per heavy atom. The zero-order valence-corrected chi connectivity index (χ0v) is 8.30. The molecule has 1 aromatic carbocycles. The number of aliphatic carboxylic acids is 1. The summed E-state index contributed by atoms with van der Waals surface area (Å²) in [5.74, 6) is -1.40. The number of aliphatic hydroxyl groups is 1. The lowest BCUT2D eigenvalue weighted by atomic mass is 10.2. The molecule has 0 aromatic heterocycles.